The summed E-state index contributed by atoms with van der Waals surface area (Å²) in [6.45, 7) is 11.4. The molecule has 0 unspecified atom stereocenters. The molecule has 2 nitrogen and oxygen atoms in total. The lowest BCUT2D eigenvalue weighted by atomic mass is 9.85. The number of aromatic nitrogens is 1. The van der Waals surface area contributed by atoms with E-state index in [0.29, 0.717) is 11.8 Å². The van der Waals surface area contributed by atoms with E-state index in [0.717, 1.165) is 17.9 Å². The van der Waals surface area contributed by atoms with E-state index in [-0.39, 0.29) is 0 Å². The van der Waals surface area contributed by atoms with E-state index in [9.17, 15) is 0 Å². The van der Waals surface area contributed by atoms with Crippen molar-refractivity contribution in [3.63, 3.8) is 0 Å². The first kappa shape index (κ1) is 21.2. The van der Waals surface area contributed by atoms with Gasteiger partial charge in [0, 0.05) is 17.0 Å². The third kappa shape index (κ3) is 2.98. The Morgan fingerprint density at radius 3 is 2.35 bits per heavy atom. The maximum absolute atomic E-state index is 6.90. The van der Waals surface area contributed by atoms with Crippen LogP contribution in [0.25, 0.3) is 43.6 Å². The van der Waals surface area contributed by atoms with E-state index < -0.39 is 0 Å². The molecular weight excluding hydrogens is 414 g/mol. The van der Waals surface area contributed by atoms with E-state index in [1.54, 1.807) is 0 Å². The molecule has 0 radical (unpaired) electrons. The summed E-state index contributed by atoms with van der Waals surface area (Å²) in [6, 6.07) is 20.2. The zero-order valence-electron chi connectivity index (χ0n) is 21.0. The largest absolute Gasteiger partial charge is 0.455 e. The van der Waals surface area contributed by atoms with Crippen LogP contribution in [0, 0.1) is 12.8 Å². The van der Waals surface area contributed by atoms with E-state index in [1.807, 2.05) is 0 Å². The molecule has 5 aromatic rings. The molecule has 0 saturated heterocycles. The lowest BCUT2D eigenvalue weighted by Gasteiger charge is -2.26. The lowest BCUT2D eigenvalue weighted by Crippen LogP contribution is -2.32. The number of nitrogens with zero attached hydrogens (tertiary/aromatic N) is 1. The molecule has 1 aliphatic heterocycles. The van der Waals surface area contributed by atoms with Crippen molar-refractivity contribution in [2.24, 2.45) is 13.0 Å². The number of hydrogen-bond donors (Lipinski definition) is 0. The second-order valence-electron chi connectivity index (χ2n) is 10.6. The highest BCUT2D eigenvalue weighted by molar-refractivity contribution is 6.16. The van der Waals surface area contributed by atoms with E-state index in [4.69, 9.17) is 4.74 Å². The van der Waals surface area contributed by atoms with Crippen LogP contribution in [0.2, 0.25) is 0 Å². The van der Waals surface area contributed by atoms with Gasteiger partial charge < -0.3 is 4.74 Å². The Balaban J connectivity index is 1.79. The van der Waals surface area contributed by atoms with Gasteiger partial charge >= 0.3 is 0 Å². The Bertz CT molecular complexity index is 1620. The Morgan fingerprint density at radius 2 is 1.62 bits per heavy atom. The highest BCUT2D eigenvalue weighted by atomic mass is 16.5. The first-order valence-corrected chi connectivity index (χ1v) is 12.5. The topological polar surface area (TPSA) is 13.1 Å². The van der Waals surface area contributed by atoms with Crippen LogP contribution in [-0.4, -0.2) is 0 Å². The summed E-state index contributed by atoms with van der Waals surface area (Å²) < 4.78 is 9.18. The molecule has 0 N–H and O–H groups in total. The van der Waals surface area contributed by atoms with Crippen LogP contribution in [0.5, 0.6) is 11.5 Å². The molecule has 1 aromatic heterocycles. The molecule has 0 spiro atoms. The van der Waals surface area contributed by atoms with Crippen LogP contribution in [-0.2, 0) is 13.5 Å². The molecular formula is C32H32NO+. The normalized spacial score (nSPS) is 12.7. The van der Waals surface area contributed by atoms with Crippen LogP contribution in [0.1, 0.15) is 50.3 Å². The third-order valence-corrected chi connectivity index (χ3v) is 7.48. The Labute approximate surface area is 201 Å². The number of aryl methyl sites for hydroxylation is 2. The van der Waals surface area contributed by atoms with Gasteiger partial charge in [-0.05, 0) is 63.9 Å². The molecule has 2 heterocycles. The number of ether oxygens (including phenoxy) is 1. The van der Waals surface area contributed by atoms with Crippen molar-refractivity contribution in [1.82, 2.24) is 0 Å². The summed E-state index contributed by atoms with van der Waals surface area (Å²) in [5.74, 6) is 3.04. The fourth-order valence-corrected chi connectivity index (χ4v) is 5.78. The van der Waals surface area contributed by atoms with Gasteiger partial charge in [0.25, 0.3) is 0 Å². The molecule has 0 bridgehead atoms. The van der Waals surface area contributed by atoms with Gasteiger partial charge in [0.1, 0.15) is 18.5 Å². The van der Waals surface area contributed by atoms with Gasteiger partial charge in [0.15, 0.2) is 6.20 Å². The summed E-state index contributed by atoms with van der Waals surface area (Å²) >= 11 is 0. The molecule has 0 fully saturated rings. The molecule has 4 aromatic carbocycles. The molecule has 1 aliphatic rings. The smallest absolute Gasteiger partial charge is 0.228 e. The number of rotatable bonds is 3. The first-order chi connectivity index (χ1) is 16.3. The van der Waals surface area contributed by atoms with Crippen molar-refractivity contribution in [3.05, 3.63) is 77.5 Å². The second kappa shape index (κ2) is 7.56. The average molecular weight is 447 g/mol. The van der Waals surface area contributed by atoms with Gasteiger partial charge in [-0.1, -0.05) is 70.2 Å². The summed E-state index contributed by atoms with van der Waals surface area (Å²) in [6.07, 6.45) is 3.21. The highest BCUT2D eigenvalue weighted by Gasteiger charge is 2.33. The molecule has 2 heteroatoms. The third-order valence-electron chi connectivity index (χ3n) is 7.48. The maximum Gasteiger partial charge on any atom is 0.228 e. The Morgan fingerprint density at radius 1 is 0.853 bits per heavy atom. The molecule has 6 rings (SSSR count). The fourth-order valence-electron chi connectivity index (χ4n) is 5.78. The molecule has 0 aliphatic carbocycles. The quantitative estimate of drug-likeness (QED) is 0.196. The van der Waals surface area contributed by atoms with Crippen LogP contribution < -0.4 is 9.30 Å². The summed E-state index contributed by atoms with van der Waals surface area (Å²) in [5.41, 5.74) is 6.50. The summed E-state index contributed by atoms with van der Waals surface area (Å²) in [7, 11) is 2.17. The minimum atomic E-state index is 0.496. The van der Waals surface area contributed by atoms with Crippen molar-refractivity contribution in [2.45, 2.75) is 47.0 Å². The van der Waals surface area contributed by atoms with Gasteiger partial charge in [-0.25, -0.2) is 4.57 Å². The van der Waals surface area contributed by atoms with Crippen molar-refractivity contribution < 1.29 is 9.30 Å². The number of fused-ring (bicyclic) bond motifs is 5. The predicted molar refractivity (Wildman–Crippen MR) is 143 cm³/mol. The van der Waals surface area contributed by atoms with Crippen molar-refractivity contribution in [1.29, 1.82) is 0 Å². The zero-order chi connectivity index (χ0) is 23.7. The van der Waals surface area contributed by atoms with Gasteiger partial charge in [-0.15, -0.1) is 0 Å². The SMILES string of the molecule is Cc1c2c(c(CC(C)C)c3ccccc13)Oc1cc3ccc(C(C)C)cc3c3cc[n+](C)c-2c13. The minimum Gasteiger partial charge on any atom is -0.455 e. The van der Waals surface area contributed by atoms with Gasteiger partial charge in [-0.3, -0.25) is 0 Å². The summed E-state index contributed by atoms with van der Waals surface area (Å²) in [5, 5.41) is 7.67. The number of hydrogen-bond acceptors (Lipinski definition) is 1. The molecule has 34 heavy (non-hydrogen) atoms. The highest BCUT2D eigenvalue weighted by Crippen LogP contribution is 2.52. The van der Waals surface area contributed by atoms with E-state index in [2.05, 4.69) is 107 Å². The van der Waals surface area contributed by atoms with Crippen LogP contribution >= 0.6 is 0 Å². The maximum atomic E-state index is 6.90. The molecule has 170 valence electrons. The number of benzene rings is 4. The van der Waals surface area contributed by atoms with E-state index in [1.165, 1.54) is 60.3 Å². The molecule has 0 amide bonds. The fraction of sp³-hybridized carbons (Fsp3) is 0.281. The lowest BCUT2D eigenvalue weighted by molar-refractivity contribution is -0.659. The summed E-state index contributed by atoms with van der Waals surface area (Å²) in [4.78, 5) is 0. The van der Waals surface area contributed by atoms with Gasteiger partial charge in [-0.2, -0.15) is 0 Å². The number of pyridine rings is 1. The average Bonchev–Trinajstić information content (AvgIpc) is 2.82. The standard InChI is InChI=1S/C32H32NO/c1-18(2)15-27-24-10-8-7-9-23(24)20(5)29-31-30-25(13-14-33(31)6)26-16-21(19(3)4)11-12-22(26)17-28(30)34-32(27)29/h7-14,16-19H,15H2,1-6H3/q+1. The molecule has 0 saturated carbocycles. The zero-order valence-corrected chi connectivity index (χ0v) is 21.0. The predicted octanol–water partition coefficient (Wildman–Crippen LogP) is 8.37. The van der Waals surface area contributed by atoms with Crippen LogP contribution in [0.15, 0.2) is 60.8 Å². The minimum absolute atomic E-state index is 0.496. The van der Waals surface area contributed by atoms with Gasteiger partial charge in [0.2, 0.25) is 5.69 Å². The molecule has 0 atom stereocenters. The van der Waals surface area contributed by atoms with Crippen LogP contribution in [0.4, 0.5) is 0 Å². The van der Waals surface area contributed by atoms with E-state index >= 15 is 0 Å². The van der Waals surface area contributed by atoms with Crippen LogP contribution in [0.3, 0.4) is 0 Å². The monoisotopic (exact) mass is 446 g/mol. The van der Waals surface area contributed by atoms with Crippen molar-refractivity contribution >= 4 is 32.3 Å². The van der Waals surface area contributed by atoms with Crippen molar-refractivity contribution in [3.8, 4) is 22.8 Å². The first-order valence-electron chi connectivity index (χ1n) is 12.5. The van der Waals surface area contributed by atoms with Crippen molar-refractivity contribution in [2.75, 3.05) is 0 Å². The Kier molecular flexibility index (Phi) is 4.71. The van der Waals surface area contributed by atoms with Gasteiger partial charge in [0.05, 0.1) is 10.9 Å². The second-order valence-corrected chi connectivity index (χ2v) is 10.6. The Hall–Kier alpha value is -3.39.